The highest BCUT2D eigenvalue weighted by Gasteiger charge is 2.57. The fourth-order valence-corrected chi connectivity index (χ4v) is 3.52. The summed E-state index contributed by atoms with van der Waals surface area (Å²) >= 11 is 0. The third-order valence-electron chi connectivity index (χ3n) is 5.12. The van der Waals surface area contributed by atoms with E-state index in [1.54, 1.807) is 7.11 Å². The van der Waals surface area contributed by atoms with Gasteiger partial charge >= 0.3 is 0 Å². The van der Waals surface area contributed by atoms with E-state index in [1.807, 2.05) is 25.1 Å². The Labute approximate surface area is 149 Å². The molecule has 2 aliphatic rings. The van der Waals surface area contributed by atoms with Gasteiger partial charge in [-0.3, -0.25) is 4.79 Å². The van der Waals surface area contributed by atoms with Gasteiger partial charge in [-0.1, -0.05) is 0 Å². The molecular weight excluding hydrogens is 328 g/mol. The molecule has 2 fully saturated rings. The zero-order valence-electron chi connectivity index (χ0n) is 14.4. The summed E-state index contributed by atoms with van der Waals surface area (Å²) < 4.78 is 10.6. The number of amides is 1. The number of rotatable bonds is 6. The lowest BCUT2D eigenvalue weighted by atomic mass is 9.91. The largest absolute Gasteiger partial charge is 0.491 e. The Morgan fingerprint density at radius 1 is 1.33 bits per heavy atom. The Morgan fingerprint density at radius 3 is 2.75 bits per heavy atom. The second kappa shape index (κ2) is 8.19. The van der Waals surface area contributed by atoms with E-state index in [9.17, 15) is 4.79 Å². The molecule has 1 aromatic carbocycles. The molecule has 1 aliphatic heterocycles. The molecule has 24 heavy (non-hydrogen) atoms. The predicted molar refractivity (Wildman–Crippen MR) is 97.1 cm³/mol. The van der Waals surface area contributed by atoms with E-state index in [4.69, 9.17) is 9.47 Å². The summed E-state index contributed by atoms with van der Waals surface area (Å²) in [5.74, 6) is 1.16. The van der Waals surface area contributed by atoms with Gasteiger partial charge in [0.25, 0.3) is 0 Å². The number of benzene rings is 1. The number of aryl methyl sites for hydroxylation is 1. The second-order valence-corrected chi connectivity index (χ2v) is 6.68. The molecule has 1 heterocycles. The standard InChI is InChI=1S/C18H26N2O3.ClH/c1-13-11-14(23-10-9-22-2)3-4-16(13)20-17(21)15-12-18(15)5-7-19-8-6-18;/h3-4,11,15,19H,5-10,12H2,1-2H3,(H,20,21);1H. The summed E-state index contributed by atoms with van der Waals surface area (Å²) in [6.45, 7) is 5.16. The molecule has 1 amide bonds. The molecule has 6 heteroatoms. The smallest absolute Gasteiger partial charge is 0.228 e. The van der Waals surface area contributed by atoms with Crippen LogP contribution in [0.5, 0.6) is 5.75 Å². The molecule has 1 unspecified atom stereocenters. The molecule has 1 saturated carbocycles. The van der Waals surface area contributed by atoms with Crippen molar-refractivity contribution in [3.8, 4) is 5.75 Å². The molecule has 0 radical (unpaired) electrons. The molecule has 1 saturated heterocycles. The van der Waals surface area contributed by atoms with E-state index in [1.165, 1.54) is 0 Å². The van der Waals surface area contributed by atoms with Crippen molar-refractivity contribution in [2.24, 2.45) is 11.3 Å². The van der Waals surface area contributed by atoms with Crippen LogP contribution < -0.4 is 15.4 Å². The van der Waals surface area contributed by atoms with E-state index in [0.29, 0.717) is 13.2 Å². The van der Waals surface area contributed by atoms with Crippen LogP contribution in [0.2, 0.25) is 0 Å². The minimum atomic E-state index is 0. The molecule has 0 aromatic heterocycles. The summed E-state index contributed by atoms with van der Waals surface area (Å²) in [5, 5.41) is 6.47. The number of piperidine rings is 1. The predicted octanol–water partition coefficient (Wildman–Crippen LogP) is 2.77. The number of anilines is 1. The maximum Gasteiger partial charge on any atom is 0.228 e. The number of halogens is 1. The van der Waals surface area contributed by atoms with E-state index in [2.05, 4.69) is 10.6 Å². The average Bonchev–Trinajstić information content (AvgIpc) is 3.24. The number of hydrogen-bond donors (Lipinski definition) is 2. The first-order chi connectivity index (χ1) is 11.1. The van der Waals surface area contributed by atoms with E-state index in [0.717, 1.165) is 49.4 Å². The van der Waals surface area contributed by atoms with Crippen LogP contribution in [-0.4, -0.2) is 39.3 Å². The number of carbonyl (C=O) groups is 1. The van der Waals surface area contributed by atoms with Crippen molar-refractivity contribution < 1.29 is 14.3 Å². The molecule has 2 N–H and O–H groups in total. The van der Waals surface area contributed by atoms with Gasteiger partial charge in [0.1, 0.15) is 12.4 Å². The Kier molecular flexibility index (Phi) is 6.49. The Hall–Kier alpha value is -1.30. The fourth-order valence-electron chi connectivity index (χ4n) is 3.52. The fraction of sp³-hybridized carbons (Fsp3) is 0.611. The zero-order chi connectivity index (χ0) is 16.3. The molecule has 1 aliphatic carbocycles. The number of hydrogen-bond acceptors (Lipinski definition) is 4. The van der Waals surface area contributed by atoms with Crippen LogP contribution in [0.3, 0.4) is 0 Å². The van der Waals surface area contributed by atoms with Gasteiger partial charge in [0.15, 0.2) is 0 Å². The number of methoxy groups -OCH3 is 1. The van der Waals surface area contributed by atoms with Crippen molar-refractivity contribution in [2.75, 3.05) is 38.7 Å². The molecule has 134 valence electrons. The number of nitrogens with one attached hydrogen (secondary N) is 2. The molecule has 0 bridgehead atoms. The quantitative estimate of drug-likeness (QED) is 0.771. The summed E-state index contributed by atoms with van der Waals surface area (Å²) in [4.78, 5) is 12.5. The first-order valence-corrected chi connectivity index (χ1v) is 8.39. The summed E-state index contributed by atoms with van der Waals surface area (Å²) in [6, 6.07) is 5.77. The Balaban J connectivity index is 0.00000208. The highest BCUT2D eigenvalue weighted by Crippen LogP contribution is 2.58. The molecule has 1 atom stereocenters. The average molecular weight is 355 g/mol. The van der Waals surface area contributed by atoms with Gasteiger partial charge in [-0.05, 0) is 68.5 Å². The van der Waals surface area contributed by atoms with Gasteiger partial charge in [-0.25, -0.2) is 0 Å². The van der Waals surface area contributed by atoms with E-state index in [-0.39, 0.29) is 29.6 Å². The van der Waals surface area contributed by atoms with Crippen LogP contribution in [0.4, 0.5) is 5.69 Å². The normalized spacial score (nSPS) is 21.0. The Morgan fingerprint density at radius 2 is 2.08 bits per heavy atom. The van der Waals surface area contributed by atoms with Crippen LogP contribution in [-0.2, 0) is 9.53 Å². The maximum atomic E-state index is 12.5. The topological polar surface area (TPSA) is 59.6 Å². The molecule has 1 spiro atoms. The van der Waals surface area contributed by atoms with Crippen LogP contribution in [0.25, 0.3) is 0 Å². The third kappa shape index (κ3) is 4.21. The SMILES string of the molecule is COCCOc1ccc(NC(=O)C2CC23CCNCC3)c(C)c1.Cl. The minimum absolute atomic E-state index is 0. The lowest BCUT2D eigenvalue weighted by Gasteiger charge is -2.23. The van der Waals surface area contributed by atoms with Gasteiger partial charge in [0.05, 0.1) is 6.61 Å². The molecule has 5 nitrogen and oxygen atoms in total. The number of carbonyl (C=O) groups excluding carboxylic acids is 1. The monoisotopic (exact) mass is 354 g/mol. The van der Waals surface area contributed by atoms with Crippen LogP contribution in [0.1, 0.15) is 24.8 Å². The summed E-state index contributed by atoms with van der Waals surface area (Å²) in [6.07, 6.45) is 3.28. The highest BCUT2D eigenvalue weighted by atomic mass is 35.5. The second-order valence-electron chi connectivity index (χ2n) is 6.68. The van der Waals surface area contributed by atoms with Crippen LogP contribution >= 0.6 is 12.4 Å². The van der Waals surface area contributed by atoms with Crippen molar-refractivity contribution in [2.45, 2.75) is 26.2 Å². The number of ether oxygens (including phenoxy) is 2. The van der Waals surface area contributed by atoms with Crippen molar-refractivity contribution in [1.82, 2.24) is 5.32 Å². The van der Waals surface area contributed by atoms with Crippen molar-refractivity contribution >= 4 is 24.0 Å². The summed E-state index contributed by atoms with van der Waals surface area (Å²) in [7, 11) is 1.65. The minimum Gasteiger partial charge on any atom is -0.491 e. The van der Waals surface area contributed by atoms with Gasteiger partial charge in [-0.15, -0.1) is 12.4 Å². The molecule has 1 aromatic rings. The van der Waals surface area contributed by atoms with Gasteiger partial charge in [-0.2, -0.15) is 0 Å². The lowest BCUT2D eigenvalue weighted by Crippen LogP contribution is -2.31. The first kappa shape index (κ1) is 19.0. The van der Waals surface area contributed by atoms with Crippen LogP contribution in [0.15, 0.2) is 18.2 Å². The Bertz CT molecular complexity index is 573. The van der Waals surface area contributed by atoms with Crippen LogP contribution in [0, 0.1) is 18.3 Å². The third-order valence-corrected chi connectivity index (χ3v) is 5.12. The summed E-state index contributed by atoms with van der Waals surface area (Å²) in [5.41, 5.74) is 2.17. The van der Waals surface area contributed by atoms with E-state index >= 15 is 0 Å². The van der Waals surface area contributed by atoms with Gasteiger partial charge in [0.2, 0.25) is 5.91 Å². The maximum absolute atomic E-state index is 12.5. The van der Waals surface area contributed by atoms with Gasteiger partial charge in [0, 0.05) is 18.7 Å². The zero-order valence-corrected chi connectivity index (χ0v) is 15.2. The van der Waals surface area contributed by atoms with E-state index < -0.39 is 0 Å². The van der Waals surface area contributed by atoms with Crippen molar-refractivity contribution in [3.05, 3.63) is 23.8 Å². The van der Waals surface area contributed by atoms with Gasteiger partial charge < -0.3 is 20.1 Å². The molecular formula is C18H27ClN2O3. The van der Waals surface area contributed by atoms with Crippen molar-refractivity contribution in [3.63, 3.8) is 0 Å². The first-order valence-electron chi connectivity index (χ1n) is 8.39. The highest BCUT2D eigenvalue weighted by molar-refractivity contribution is 5.95. The van der Waals surface area contributed by atoms with Crippen molar-refractivity contribution in [1.29, 1.82) is 0 Å². The lowest BCUT2D eigenvalue weighted by molar-refractivity contribution is -0.118. The molecule has 3 rings (SSSR count).